The summed E-state index contributed by atoms with van der Waals surface area (Å²) in [6.45, 7) is 3.75. The summed E-state index contributed by atoms with van der Waals surface area (Å²) < 4.78 is 0. The van der Waals surface area contributed by atoms with Crippen molar-refractivity contribution in [1.82, 2.24) is 9.80 Å². The first-order valence-electron chi connectivity index (χ1n) is 9.17. The molecule has 0 aliphatic carbocycles. The molecule has 0 spiro atoms. The zero-order valence-electron chi connectivity index (χ0n) is 16.0. The fourth-order valence-corrected chi connectivity index (χ4v) is 4.19. The molecule has 2 aromatic carbocycles. The molecule has 0 aromatic heterocycles. The minimum atomic E-state index is -0.0780. The molecule has 1 saturated heterocycles. The molecule has 0 bridgehead atoms. The molecule has 0 N–H and O–H groups in total. The van der Waals surface area contributed by atoms with Gasteiger partial charge in [-0.15, -0.1) is 0 Å². The van der Waals surface area contributed by atoms with E-state index in [1.165, 1.54) is 17.8 Å². The fraction of sp³-hybridized carbons (Fsp3) is 0.227. The smallest absolute Gasteiger partial charge is 0.246 e. The largest absolute Gasteiger partial charge is 0.339 e. The number of piperazine rings is 1. The van der Waals surface area contributed by atoms with Gasteiger partial charge in [0.1, 0.15) is 6.07 Å². The van der Waals surface area contributed by atoms with Gasteiger partial charge in [-0.25, -0.2) is 0 Å². The lowest BCUT2D eigenvalue weighted by molar-refractivity contribution is -0.135. The number of amides is 2. The Kier molecular flexibility index (Phi) is 6.97. The Balaban J connectivity index is 1.64. The number of carbonyl (C=O) groups excluding carboxylic acids is 2. The van der Waals surface area contributed by atoms with Crippen LogP contribution in [0.1, 0.15) is 18.1 Å². The molecule has 5 nitrogen and oxygen atoms in total. The van der Waals surface area contributed by atoms with E-state index in [1.54, 1.807) is 34.9 Å². The van der Waals surface area contributed by atoms with Gasteiger partial charge in [-0.05, 0) is 35.9 Å². The standard InChI is InChI=1S/C22H20ClN3O2S/c1-16(27)25-10-12-26(13-11-25)22(28)9-7-17-6-8-21(19(23)14-17)29-20-5-3-2-4-18(20)15-24/h2-9,14H,10-13H2,1H3/b9-7+. The second kappa shape index (κ2) is 9.64. The average Bonchev–Trinajstić information content (AvgIpc) is 2.74. The number of nitriles is 1. The summed E-state index contributed by atoms with van der Waals surface area (Å²) in [5, 5.41) is 9.78. The van der Waals surface area contributed by atoms with Crippen molar-refractivity contribution in [3.05, 3.63) is 64.7 Å². The Labute approximate surface area is 179 Å². The normalized spacial score (nSPS) is 14.1. The maximum atomic E-state index is 12.4. The molecule has 1 fully saturated rings. The maximum Gasteiger partial charge on any atom is 0.246 e. The second-order valence-electron chi connectivity index (χ2n) is 6.56. The van der Waals surface area contributed by atoms with Crippen LogP contribution in [-0.2, 0) is 9.59 Å². The van der Waals surface area contributed by atoms with E-state index in [4.69, 9.17) is 11.6 Å². The first kappa shape index (κ1) is 21.0. The lowest BCUT2D eigenvalue weighted by Crippen LogP contribution is -2.49. The van der Waals surface area contributed by atoms with E-state index < -0.39 is 0 Å². The van der Waals surface area contributed by atoms with Crippen LogP contribution in [0.2, 0.25) is 5.02 Å². The summed E-state index contributed by atoms with van der Waals surface area (Å²) in [6.07, 6.45) is 3.27. The zero-order valence-corrected chi connectivity index (χ0v) is 17.5. The highest BCUT2D eigenvalue weighted by Gasteiger charge is 2.20. The highest BCUT2D eigenvalue weighted by Crippen LogP contribution is 2.35. The van der Waals surface area contributed by atoms with E-state index in [-0.39, 0.29) is 11.8 Å². The van der Waals surface area contributed by atoms with Gasteiger partial charge in [0.2, 0.25) is 11.8 Å². The first-order chi connectivity index (χ1) is 14.0. The van der Waals surface area contributed by atoms with Crippen molar-refractivity contribution in [2.75, 3.05) is 26.2 Å². The molecule has 2 amide bonds. The Bertz CT molecular complexity index is 992. The van der Waals surface area contributed by atoms with Gasteiger partial charge in [-0.3, -0.25) is 9.59 Å². The van der Waals surface area contributed by atoms with Gasteiger partial charge >= 0.3 is 0 Å². The summed E-state index contributed by atoms with van der Waals surface area (Å²) in [4.78, 5) is 28.9. The molecule has 2 aromatic rings. The van der Waals surface area contributed by atoms with Gasteiger partial charge in [-0.2, -0.15) is 5.26 Å². The van der Waals surface area contributed by atoms with Crippen LogP contribution in [-0.4, -0.2) is 47.8 Å². The number of rotatable bonds is 4. The predicted octanol–water partition coefficient (Wildman–Crippen LogP) is 4.07. The molecular formula is C22H20ClN3O2S. The Morgan fingerprint density at radius 2 is 1.76 bits per heavy atom. The molecule has 3 rings (SSSR count). The number of carbonyl (C=O) groups is 2. The molecule has 1 aliphatic heterocycles. The van der Waals surface area contributed by atoms with Crippen LogP contribution in [0.25, 0.3) is 6.08 Å². The van der Waals surface area contributed by atoms with Crippen LogP contribution in [0.3, 0.4) is 0 Å². The minimum Gasteiger partial charge on any atom is -0.339 e. The van der Waals surface area contributed by atoms with Crippen molar-refractivity contribution in [1.29, 1.82) is 5.26 Å². The van der Waals surface area contributed by atoms with Gasteiger partial charge in [0.15, 0.2) is 0 Å². The summed E-state index contributed by atoms with van der Waals surface area (Å²) in [5.41, 5.74) is 1.43. The summed E-state index contributed by atoms with van der Waals surface area (Å²) in [5.74, 6) is -0.0386. The maximum absolute atomic E-state index is 12.4. The van der Waals surface area contributed by atoms with Gasteiger partial charge < -0.3 is 9.80 Å². The van der Waals surface area contributed by atoms with Crippen molar-refractivity contribution < 1.29 is 9.59 Å². The number of halogens is 1. The van der Waals surface area contributed by atoms with Crippen molar-refractivity contribution in [3.63, 3.8) is 0 Å². The van der Waals surface area contributed by atoms with Crippen LogP contribution < -0.4 is 0 Å². The average molecular weight is 426 g/mol. The summed E-state index contributed by atoms with van der Waals surface area (Å²) in [7, 11) is 0. The summed E-state index contributed by atoms with van der Waals surface area (Å²) >= 11 is 7.85. The third kappa shape index (κ3) is 5.41. The van der Waals surface area contributed by atoms with E-state index in [9.17, 15) is 14.9 Å². The topological polar surface area (TPSA) is 64.4 Å². The monoisotopic (exact) mass is 425 g/mol. The van der Waals surface area contributed by atoms with Crippen LogP contribution in [0, 0.1) is 11.3 Å². The SMILES string of the molecule is CC(=O)N1CCN(C(=O)/C=C/c2ccc(Sc3ccccc3C#N)c(Cl)c2)CC1. The van der Waals surface area contributed by atoms with E-state index in [1.807, 2.05) is 30.3 Å². The molecule has 0 radical (unpaired) electrons. The molecule has 0 atom stereocenters. The minimum absolute atomic E-state index is 0.0395. The Morgan fingerprint density at radius 3 is 2.41 bits per heavy atom. The molecule has 148 valence electrons. The highest BCUT2D eigenvalue weighted by molar-refractivity contribution is 7.99. The quantitative estimate of drug-likeness (QED) is 0.693. The van der Waals surface area contributed by atoms with Crippen LogP contribution in [0.4, 0.5) is 0 Å². The third-order valence-corrected chi connectivity index (χ3v) is 6.21. The van der Waals surface area contributed by atoms with E-state index in [0.717, 1.165) is 15.4 Å². The lowest BCUT2D eigenvalue weighted by Gasteiger charge is -2.33. The molecule has 0 saturated carbocycles. The van der Waals surface area contributed by atoms with Crippen molar-refractivity contribution in [3.8, 4) is 6.07 Å². The van der Waals surface area contributed by atoms with Crippen molar-refractivity contribution in [2.45, 2.75) is 16.7 Å². The predicted molar refractivity (Wildman–Crippen MR) is 115 cm³/mol. The number of hydrogen-bond donors (Lipinski definition) is 0. The number of nitrogens with zero attached hydrogens (tertiary/aromatic N) is 3. The van der Waals surface area contributed by atoms with Gasteiger partial charge in [-0.1, -0.05) is 41.6 Å². The second-order valence-corrected chi connectivity index (χ2v) is 8.06. The first-order valence-corrected chi connectivity index (χ1v) is 10.4. The molecule has 1 heterocycles. The third-order valence-electron chi connectivity index (χ3n) is 4.64. The molecular weight excluding hydrogens is 406 g/mol. The molecule has 7 heteroatoms. The number of hydrogen-bond acceptors (Lipinski definition) is 4. The lowest BCUT2D eigenvalue weighted by atomic mass is 10.2. The van der Waals surface area contributed by atoms with Crippen molar-refractivity contribution in [2.24, 2.45) is 0 Å². The molecule has 1 aliphatic rings. The van der Waals surface area contributed by atoms with Gasteiger partial charge in [0, 0.05) is 49.0 Å². The number of benzene rings is 2. The van der Waals surface area contributed by atoms with Crippen LogP contribution in [0.5, 0.6) is 0 Å². The molecule has 0 unspecified atom stereocenters. The van der Waals surface area contributed by atoms with Crippen LogP contribution >= 0.6 is 23.4 Å². The van der Waals surface area contributed by atoms with Gasteiger partial charge in [0.05, 0.1) is 10.6 Å². The van der Waals surface area contributed by atoms with E-state index in [0.29, 0.717) is 36.8 Å². The summed E-state index contributed by atoms with van der Waals surface area (Å²) in [6, 6.07) is 15.1. The fourth-order valence-electron chi connectivity index (χ4n) is 2.98. The van der Waals surface area contributed by atoms with E-state index >= 15 is 0 Å². The van der Waals surface area contributed by atoms with Gasteiger partial charge in [0.25, 0.3) is 0 Å². The van der Waals surface area contributed by atoms with Crippen LogP contribution in [0.15, 0.2) is 58.3 Å². The Morgan fingerprint density at radius 1 is 1.07 bits per heavy atom. The molecule has 29 heavy (non-hydrogen) atoms. The van der Waals surface area contributed by atoms with Crippen molar-refractivity contribution >= 4 is 41.3 Å². The zero-order chi connectivity index (χ0) is 20.8. The Hall–Kier alpha value is -2.75. The van der Waals surface area contributed by atoms with E-state index in [2.05, 4.69) is 6.07 Å². The highest BCUT2D eigenvalue weighted by atomic mass is 35.5.